The van der Waals surface area contributed by atoms with Crippen LogP contribution in [0.4, 0.5) is 5.69 Å². The van der Waals surface area contributed by atoms with Gasteiger partial charge in [0, 0.05) is 11.3 Å². The van der Waals surface area contributed by atoms with Crippen molar-refractivity contribution in [2.45, 2.75) is 31.2 Å². The lowest BCUT2D eigenvalue weighted by atomic mass is 10.1. The van der Waals surface area contributed by atoms with Crippen LogP contribution in [0, 0.1) is 0 Å². The maximum atomic E-state index is 12.3. The predicted octanol–water partition coefficient (Wildman–Crippen LogP) is 2.31. The normalized spacial score (nSPS) is 17.6. The van der Waals surface area contributed by atoms with Crippen LogP contribution in [0.2, 0.25) is 0 Å². The third-order valence-corrected chi connectivity index (χ3v) is 5.39. The molecule has 1 aliphatic rings. The molecule has 1 heterocycles. The summed E-state index contributed by atoms with van der Waals surface area (Å²) >= 11 is 0. The zero-order chi connectivity index (χ0) is 18.0. The van der Waals surface area contributed by atoms with E-state index in [4.69, 9.17) is 0 Å². The fraction of sp³-hybridized carbons (Fsp3) is 0.222. The molecule has 1 amide bonds. The van der Waals surface area contributed by atoms with Crippen LogP contribution in [0.5, 0.6) is 0 Å². The second-order valence-corrected chi connectivity index (χ2v) is 7.45. The van der Waals surface area contributed by atoms with Gasteiger partial charge in [-0.25, -0.2) is 8.42 Å². The number of benzene rings is 2. The number of amides is 1. The molecule has 0 aromatic heterocycles. The van der Waals surface area contributed by atoms with Crippen LogP contribution < -0.4 is 10.0 Å². The number of amidine groups is 1. The summed E-state index contributed by atoms with van der Waals surface area (Å²) < 4.78 is 26.5. The van der Waals surface area contributed by atoms with Gasteiger partial charge < -0.3 is 5.32 Å². The number of hydrogen-bond donors (Lipinski definition) is 2. The van der Waals surface area contributed by atoms with Gasteiger partial charge in [0.2, 0.25) is 5.91 Å². The largest absolute Gasteiger partial charge is 0.324 e. The summed E-state index contributed by atoms with van der Waals surface area (Å²) in [6.07, 6.45) is 0.928. The lowest BCUT2D eigenvalue weighted by molar-refractivity contribution is -0.117. The highest BCUT2D eigenvalue weighted by molar-refractivity contribution is 7.90. The maximum absolute atomic E-state index is 12.3. The summed E-state index contributed by atoms with van der Waals surface area (Å²) in [6, 6.07) is 13.4. The van der Waals surface area contributed by atoms with Crippen molar-refractivity contribution in [3.05, 3.63) is 59.7 Å². The zero-order valence-corrected chi connectivity index (χ0v) is 14.8. The van der Waals surface area contributed by atoms with Gasteiger partial charge >= 0.3 is 0 Å². The fourth-order valence-corrected chi connectivity index (χ4v) is 3.79. The number of aliphatic imine (C=N–C) groups is 1. The second kappa shape index (κ2) is 6.68. The van der Waals surface area contributed by atoms with E-state index in [2.05, 4.69) is 22.0 Å². The number of carbonyl (C=O) groups is 1. The van der Waals surface area contributed by atoms with Crippen molar-refractivity contribution in [2.75, 3.05) is 5.32 Å². The Balaban J connectivity index is 1.78. The number of sulfonamides is 1. The molecule has 0 unspecified atom stereocenters. The van der Waals surface area contributed by atoms with Gasteiger partial charge in [-0.05, 0) is 43.2 Å². The third-order valence-electron chi connectivity index (χ3n) is 3.99. The molecule has 0 aliphatic carbocycles. The van der Waals surface area contributed by atoms with Crippen molar-refractivity contribution < 1.29 is 13.2 Å². The number of fused-ring (bicyclic) bond motifs is 1. The van der Waals surface area contributed by atoms with E-state index >= 15 is 0 Å². The van der Waals surface area contributed by atoms with Gasteiger partial charge in [-0.3, -0.25) is 14.5 Å². The number of anilines is 1. The van der Waals surface area contributed by atoms with Gasteiger partial charge in [-0.2, -0.15) is 0 Å². The first-order valence-electron chi connectivity index (χ1n) is 8.00. The summed E-state index contributed by atoms with van der Waals surface area (Å²) in [5.41, 5.74) is 2.35. The summed E-state index contributed by atoms with van der Waals surface area (Å²) in [5, 5.41) is 2.79. The van der Waals surface area contributed by atoms with Crippen molar-refractivity contribution >= 4 is 27.5 Å². The number of nitrogens with zero attached hydrogens (tertiary/aromatic N) is 1. The fourth-order valence-electron chi connectivity index (χ4n) is 2.55. The number of rotatable bonds is 4. The Labute approximate surface area is 147 Å². The lowest BCUT2D eigenvalue weighted by Crippen LogP contribution is -2.28. The van der Waals surface area contributed by atoms with Crippen molar-refractivity contribution in [1.29, 1.82) is 0 Å². The standard InChI is InChI=1S/C18H19N3O3S/c1-3-13-8-10-14(11-9-13)20-18(22)12(2)19-17-15-6-4-5-7-16(15)25(23,24)21-17/h4-12H,3H2,1-2H3,(H,19,21)(H,20,22)/t12-/m0/s1. The molecule has 1 aliphatic heterocycles. The molecular formula is C18H19N3O3S. The minimum Gasteiger partial charge on any atom is -0.324 e. The second-order valence-electron chi connectivity index (χ2n) is 5.80. The molecule has 0 saturated heterocycles. The molecular weight excluding hydrogens is 338 g/mol. The SMILES string of the molecule is CCc1ccc(NC(=O)[C@H](C)N=C2NS(=O)(=O)c3ccccc32)cc1. The van der Waals surface area contributed by atoms with E-state index in [1.165, 1.54) is 11.6 Å². The highest BCUT2D eigenvalue weighted by Gasteiger charge is 2.31. The quantitative estimate of drug-likeness (QED) is 0.880. The summed E-state index contributed by atoms with van der Waals surface area (Å²) in [4.78, 5) is 16.8. The highest BCUT2D eigenvalue weighted by atomic mass is 32.2. The van der Waals surface area contributed by atoms with Crippen molar-refractivity contribution in [3.8, 4) is 0 Å². The Kier molecular flexibility index (Phi) is 4.59. The minimum atomic E-state index is -3.61. The van der Waals surface area contributed by atoms with Gasteiger partial charge in [0.15, 0.2) is 0 Å². The predicted molar refractivity (Wildman–Crippen MR) is 97.2 cm³/mol. The first-order chi connectivity index (χ1) is 11.9. The Hall–Kier alpha value is -2.67. The minimum absolute atomic E-state index is 0.177. The van der Waals surface area contributed by atoms with E-state index in [1.54, 1.807) is 25.1 Å². The van der Waals surface area contributed by atoms with Crippen LogP contribution in [-0.2, 0) is 21.2 Å². The first-order valence-corrected chi connectivity index (χ1v) is 9.49. The number of nitrogens with one attached hydrogen (secondary N) is 2. The van der Waals surface area contributed by atoms with Gasteiger partial charge in [0.05, 0.1) is 4.90 Å². The topological polar surface area (TPSA) is 87.6 Å². The van der Waals surface area contributed by atoms with E-state index in [1.807, 2.05) is 24.3 Å². The summed E-state index contributed by atoms with van der Waals surface area (Å²) in [6.45, 7) is 3.68. The highest BCUT2D eigenvalue weighted by Crippen LogP contribution is 2.22. The average Bonchev–Trinajstić information content (AvgIpc) is 2.86. The number of carbonyl (C=O) groups excluding carboxylic acids is 1. The molecule has 0 bridgehead atoms. The molecule has 0 radical (unpaired) electrons. The Bertz CT molecular complexity index is 934. The lowest BCUT2D eigenvalue weighted by Gasteiger charge is -2.10. The first kappa shape index (κ1) is 17.2. The van der Waals surface area contributed by atoms with E-state index in [0.717, 1.165) is 6.42 Å². The van der Waals surface area contributed by atoms with E-state index in [-0.39, 0.29) is 16.6 Å². The van der Waals surface area contributed by atoms with Crippen molar-refractivity contribution in [2.24, 2.45) is 4.99 Å². The summed E-state index contributed by atoms with van der Waals surface area (Å²) in [5.74, 6) is -0.111. The monoisotopic (exact) mass is 357 g/mol. The van der Waals surface area contributed by atoms with Gasteiger partial charge in [0.1, 0.15) is 11.9 Å². The van der Waals surface area contributed by atoms with Crippen LogP contribution in [0.3, 0.4) is 0 Å². The number of aryl methyl sites for hydroxylation is 1. The molecule has 0 fully saturated rings. The average molecular weight is 357 g/mol. The third kappa shape index (κ3) is 3.56. The van der Waals surface area contributed by atoms with Crippen LogP contribution >= 0.6 is 0 Å². The molecule has 1 atom stereocenters. The molecule has 2 aromatic carbocycles. The zero-order valence-electron chi connectivity index (χ0n) is 14.0. The van der Waals surface area contributed by atoms with Crippen molar-refractivity contribution in [3.63, 3.8) is 0 Å². The van der Waals surface area contributed by atoms with Crippen LogP contribution in [-0.4, -0.2) is 26.2 Å². The molecule has 2 N–H and O–H groups in total. The molecule has 2 aromatic rings. The van der Waals surface area contributed by atoms with E-state index < -0.39 is 16.1 Å². The Morgan fingerprint density at radius 1 is 1.16 bits per heavy atom. The smallest absolute Gasteiger partial charge is 0.263 e. The molecule has 6 nitrogen and oxygen atoms in total. The Morgan fingerprint density at radius 3 is 2.52 bits per heavy atom. The molecule has 7 heteroatoms. The number of hydrogen-bond acceptors (Lipinski definition) is 4. The molecule has 0 saturated carbocycles. The van der Waals surface area contributed by atoms with E-state index in [0.29, 0.717) is 11.3 Å². The molecule has 3 rings (SSSR count). The summed E-state index contributed by atoms with van der Waals surface area (Å²) in [7, 11) is -3.61. The van der Waals surface area contributed by atoms with Gasteiger partial charge in [-0.1, -0.05) is 31.2 Å². The molecule has 0 spiro atoms. The molecule has 130 valence electrons. The van der Waals surface area contributed by atoms with Crippen LogP contribution in [0.25, 0.3) is 0 Å². The van der Waals surface area contributed by atoms with Gasteiger partial charge in [-0.15, -0.1) is 0 Å². The van der Waals surface area contributed by atoms with Gasteiger partial charge in [0.25, 0.3) is 10.0 Å². The van der Waals surface area contributed by atoms with Crippen LogP contribution in [0.1, 0.15) is 25.0 Å². The van der Waals surface area contributed by atoms with Crippen molar-refractivity contribution in [1.82, 2.24) is 4.72 Å². The Morgan fingerprint density at radius 2 is 1.84 bits per heavy atom. The molecule has 25 heavy (non-hydrogen) atoms. The van der Waals surface area contributed by atoms with Crippen LogP contribution in [0.15, 0.2) is 58.4 Å². The maximum Gasteiger partial charge on any atom is 0.263 e. The van der Waals surface area contributed by atoms with E-state index in [9.17, 15) is 13.2 Å².